The third kappa shape index (κ3) is 3.90. The van der Waals surface area contributed by atoms with Crippen LogP contribution in [0.25, 0.3) is 5.69 Å². The van der Waals surface area contributed by atoms with Crippen molar-refractivity contribution >= 4 is 23.5 Å². The Bertz CT molecular complexity index is 913. The van der Waals surface area contributed by atoms with Gasteiger partial charge in [0.05, 0.1) is 18.0 Å². The van der Waals surface area contributed by atoms with Crippen LogP contribution in [0.3, 0.4) is 0 Å². The Kier molecular flexibility index (Phi) is 5.24. The summed E-state index contributed by atoms with van der Waals surface area (Å²) in [5.74, 6) is 1.76. The van der Waals surface area contributed by atoms with Gasteiger partial charge in [0, 0.05) is 11.8 Å². The van der Waals surface area contributed by atoms with E-state index in [0.29, 0.717) is 11.2 Å². The molecule has 1 aliphatic rings. The van der Waals surface area contributed by atoms with Crippen LogP contribution < -0.4 is 5.32 Å². The Morgan fingerprint density at radius 2 is 1.96 bits per heavy atom. The minimum absolute atomic E-state index is 0.0694. The molecule has 7 nitrogen and oxygen atoms in total. The second kappa shape index (κ2) is 7.96. The molecule has 1 fully saturated rings. The number of rotatable bonds is 6. The summed E-state index contributed by atoms with van der Waals surface area (Å²) < 4.78 is 3.91. The molecule has 1 amide bonds. The van der Waals surface area contributed by atoms with Crippen molar-refractivity contribution in [3.63, 3.8) is 0 Å². The maximum atomic E-state index is 12.5. The van der Waals surface area contributed by atoms with Gasteiger partial charge in [0.1, 0.15) is 11.6 Å². The molecule has 0 radical (unpaired) electrons. The number of nitrogens with one attached hydrogen (secondary N) is 1. The molecule has 2 heterocycles. The minimum Gasteiger partial charge on any atom is -0.310 e. The van der Waals surface area contributed by atoms with Crippen molar-refractivity contribution in [2.75, 3.05) is 11.1 Å². The molecule has 0 saturated heterocycles. The van der Waals surface area contributed by atoms with Crippen LogP contribution in [0.1, 0.15) is 37.5 Å². The zero-order valence-electron chi connectivity index (χ0n) is 15.2. The van der Waals surface area contributed by atoms with Crippen molar-refractivity contribution in [3.05, 3.63) is 48.4 Å². The molecule has 2 aromatic heterocycles. The monoisotopic (exact) mass is 382 g/mol. The maximum absolute atomic E-state index is 12.5. The summed E-state index contributed by atoms with van der Waals surface area (Å²) >= 11 is 1.38. The van der Waals surface area contributed by atoms with Gasteiger partial charge in [-0.1, -0.05) is 42.8 Å². The van der Waals surface area contributed by atoms with E-state index in [-0.39, 0.29) is 11.7 Å². The van der Waals surface area contributed by atoms with Gasteiger partial charge in [0.2, 0.25) is 5.91 Å². The first-order chi connectivity index (χ1) is 13.2. The Morgan fingerprint density at radius 3 is 2.74 bits per heavy atom. The average Bonchev–Trinajstić information content (AvgIpc) is 3.41. The van der Waals surface area contributed by atoms with Gasteiger partial charge < -0.3 is 5.32 Å². The molecular formula is C19H22N6OS. The molecule has 0 spiro atoms. The number of nitrogens with zero attached hydrogens (tertiary/aromatic N) is 5. The van der Waals surface area contributed by atoms with E-state index in [0.717, 1.165) is 30.2 Å². The predicted octanol–water partition coefficient (Wildman–Crippen LogP) is 3.62. The van der Waals surface area contributed by atoms with E-state index in [1.165, 1.54) is 24.6 Å². The molecule has 27 heavy (non-hydrogen) atoms. The number of carbonyl (C=O) groups is 1. The Hall–Kier alpha value is -2.61. The zero-order valence-corrected chi connectivity index (χ0v) is 16.0. The SMILES string of the molecule is Cc1nnc(SCC(=O)Nc2ccnn2C2CCCC2)n1-c1ccccc1. The summed E-state index contributed by atoms with van der Waals surface area (Å²) in [7, 11) is 0. The summed E-state index contributed by atoms with van der Waals surface area (Å²) in [6, 6.07) is 12.2. The Morgan fingerprint density at radius 1 is 1.19 bits per heavy atom. The van der Waals surface area contributed by atoms with Gasteiger partial charge in [-0.15, -0.1) is 10.2 Å². The number of amides is 1. The van der Waals surface area contributed by atoms with Crippen LogP contribution in [0.2, 0.25) is 0 Å². The lowest BCUT2D eigenvalue weighted by Gasteiger charge is -2.14. The van der Waals surface area contributed by atoms with E-state index >= 15 is 0 Å². The van der Waals surface area contributed by atoms with Crippen LogP contribution in [-0.2, 0) is 4.79 Å². The van der Waals surface area contributed by atoms with Gasteiger partial charge in [0.15, 0.2) is 5.16 Å². The molecule has 3 aromatic rings. The highest BCUT2D eigenvalue weighted by atomic mass is 32.2. The van der Waals surface area contributed by atoms with Crippen LogP contribution in [-0.4, -0.2) is 36.2 Å². The molecule has 1 aromatic carbocycles. The molecule has 0 atom stereocenters. The second-order valence-electron chi connectivity index (χ2n) is 6.64. The number of aryl methyl sites for hydroxylation is 1. The average molecular weight is 382 g/mol. The fourth-order valence-corrected chi connectivity index (χ4v) is 4.27. The van der Waals surface area contributed by atoms with Gasteiger partial charge in [-0.25, -0.2) is 4.68 Å². The number of carbonyl (C=O) groups excluding carboxylic acids is 1. The molecule has 140 valence electrons. The minimum atomic E-state index is -0.0694. The number of para-hydroxylation sites is 1. The summed E-state index contributed by atoms with van der Waals surface area (Å²) in [5.41, 5.74) is 0.988. The highest BCUT2D eigenvalue weighted by molar-refractivity contribution is 7.99. The van der Waals surface area contributed by atoms with Gasteiger partial charge in [-0.05, 0) is 31.9 Å². The molecule has 1 saturated carbocycles. The molecular weight excluding hydrogens is 360 g/mol. The van der Waals surface area contributed by atoms with E-state index in [9.17, 15) is 4.79 Å². The fraction of sp³-hybridized carbons (Fsp3) is 0.368. The van der Waals surface area contributed by atoms with Gasteiger partial charge >= 0.3 is 0 Å². The van der Waals surface area contributed by atoms with Crippen LogP contribution in [0, 0.1) is 6.92 Å². The van der Waals surface area contributed by atoms with Crippen molar-refractivity contribution < 1.29 is 4.79 Å². The van der Waals surface area contributed by atoms with E-state index < -0.39 is 0 Å². The number of thioether (sulfide) groups is 1. The lowest BCUT2D eigenvalue weighted by molar-refractivity contribution is -0.113. The summed E-state index contributed by atoms with van der Waals surface area (Å²) in [6.07, 6.45) is 6.44. The quantitative estimate of drug-likeness (QED) is 0.659. The highest BCUT2D eigenvalue weighted by Gasteiger charge is 2.21. The van der Waals surface area contributed by atoms with Crippen LogP contribution in [0.15, 0.2) is 47.8 Å². The van der Waals surface area contributed by atoms with Gasteiger partial charge in [-0.3, -0.25) is 9.36 Å². The van der Waals surface area contributed by atoms with E-state index in [1.54, 1.807) is 6.20 Å². The normalized spacial score (nSPS) is 14.6. The molecule has 1 aliphatic carbocycles. The molecule has 1 N–H and O–H groups in total. The van der Waals surface area contributed by atoms with Gasteiger partial charge in [-0.2, -0.15) is 5.10 Å². The highest BCUT2D eigenvalue weighted by Crippen LogP contribution is 2.31. The summed E-state index contributed by atoms with van der Waals surface area (Å²) in [4.78, 5) is 12.5. The van der Waals surface area contributed by atoms with Crippen LogP contribution >= 0.6 is 11.8 Å². The molecule has 0 unspecified atom stereocenters. The van der Waals surface area contributed by atoms with Crippen molar-refractivity contribution in [1.29, 1.82) is 0 Å². The Labute approximate surface area is 162 Å². The largest absolute Gasteiger partial charge is 0.310 e. The lowest BCUT2D eigenvalue weighted by atomic mass is 10.2. The van der Waals surface area contributed by atoms with Crippen LogP contribution in [0.5, 0.6) is 0 Å². The third-order valence-electron chi connectivity index (χ3n) is 4.75. The predicted molar refractivity (Wildman–Crippen MR) is 105 cm³/mol. The fourth-order valence-electron chi connectivity index (χ4n) is 3.47. The van der Waals surface area contributed by atoms with E-state index in [1.807, 2.05) is 52.6 Å². The number of aromatic nitrogens is 5. The smallest absolute Gasteiger partial charge is 0.235 e. The van der Waals surface area contributed by atoms with Crippen molar-refractivity contribution in [2.45, 2.75) is 43.8 Å². The summed E-state index contributed by atoms with van der Waals surface area (Å²) in [5, 5.41) is 16.5. The first-order valence-corrected chi connectivity index (χ1v) is 10.1. The molecule has 0 aliphatic heterocycles. The first kappa shape index (κ1) is 17.8. The van der Waals surface area contributed by atoms with Crippen molar-refractivity contribution in [3.8, 4) is 5.69 Å². The maximum Gasteiger partial charge on any atom is 0.235 e. The number of benzene rings is 1. The number of hydrogen-bond acceptors (Lipinski definition) is 5. The summed E-state index contributed by atoms with van der Waals surface area (Å²) in [6.45, 7) is 1.91. The second-order valence-corrected chi connectivity index (χ2v) is 7.58. The first-order valence-electron chi connectivity index (χ1n) is 9.16. The Balaban J connectivity index is 1.42. The van der Waals surface area contributed by atoms with E-state index in [2.05, 4.69) is 20.6 Å². The number of hydrogen-bond donors (Lipinski definition) is 1. The standard InChI is InChI=1S/C19H22N6OS/c1-14-22-23-19(24(14)15-7-3-2-4-8-15)27-13-18(26)21-17-11-12-20-25(17)16-9-5-6-10-16/h2-4,7-8,11-12,16H,5-6,9-10,13H2,1H3,(H,21,26). The van der Waals surface area contributed by atoms with E-state index in [4.69, 9.17) is 0 Å². The van der Waals surface area contributed by atoms with Crippen molar-refractivity contribution in [1.82, 2.24) is 24.5 Å². The molecule has 4 rings (SSSR count). The van der Waals surface area contributed by atoms with Crippen LogP contribution in [0.4, 0.5) is 5.82 Å². The molecule has 8 heteroatoms. The molecule has 0 bridgehead atoms. The van der Waals surface area contributed by atoms with Crippen molar-refractivity contribution in [2.24, 2.45) is 0 Å². The topological polar surface area (TPSA) is 77.6 Å². The number of anilines is 1. The zero-order chi connectivity index (χ0) is 18.6. The third-order valence-corrected chi connectivity index (χ3v) is 5.68. The lowest BCUT2D eigenvalue weighted by Crippen LogP contribution is -2.19. The van der Waals surface area contributed by atoms with Gasteiger partial charge in [0.25, 0.3) is 0 Å².